The molecule has 1 spiro atoms. The first kappa shape index (κ1) is 26.6. The number of rotatable bonds is 6. The Morgan fingerprint density at radius 1 is 1.07 bits per heavy atom. The third-order valence-corrected chi connectivity index (χ3v) is 7.83. The van der Waals surface area contributed by atoms with E-state index in [0.717, 1.165) is 21.5 Å². The van der Waals surface area contributed by atoms with Gasteiger partial charge in [-0.1, -0.05) is 11.8 Å². The summed E-state index contributed by atoms with van der Waals surface area (Å²) in [6.07, 6.45) is 2.83. The SMILES string of the molecule is C=C(F)C(=O)N1CC(F)(F)C12CN(c1ncc3ncnc(Nc4ccc(Oc5ccc6c(c5)nnn6C)c(C)c4)c3n1)C2. The first-order valence-corrected chi connectivity index (χ1v) is 13.2. The number of anilines is 3. The van der Waals surface area contributed by atoms with Gasteiger partial charge in [0.05, 0.1) is 31.3 Å². The highest BCUT2D eigenvalue weighted by Crippen LogP contribution is 2.51. The molecule has 0 radical (unpaired) electrons. The van der Waals surface area contributed by atoms with Crippen LogP contribution in [0.5, 0.6) is 11.5 Å². The summed E-state index contributed by atoms with van der Waals surface area (Å²) in [4.78, 5) is 31.8. The standard InChI is InChI=1S/C28H23F3N10O2/c1-15-8-17(4-7-22(15)43-18-5-6-21-19(9-18)37-38-39(21)3)35-24-23-20(33-14-34-24)10-32-26(36-23)40-11-27(12-40)28(30,31)13-41(27)25(42)16(2)29/h4-10,14H,2,11-13H2,1,3H3,(H,33,34,35). The van der Waals surface area contributed by atoms with Crippen molar-refractivity contribution in [2.24, 2.45) is 7.05 Å². The minimum atomic E-state index is -3.17. The van der Waals surface area contributed by atoms with Crippen molar-refractivity contribution in [2.45, 2.75) is 18.4 Å². The van der Waals surface area contributed by atoms with Gasteiger partial charge in [0.2, 0.25) is 5.95 Å². The number of ether oxygens (including phenoxy) is 1. The first-order chi connectivity index (χ1) is 20.5. The highest BCUT2D eigenvalue weighted by molar-refractivity contribution is 5.93. The second kappa shape index (κ2) is 9.34. The molecule has 2 saturated heterocycles. The Bertz CT molecular complexity index is 1960. The molecule has 2 fully saturated rings. The number of hydrogen-bond donors (Lipinski definition) is 1. The molecule has 0 atom stereocenters. The quantitative estimate of drug-likeness (QED) is 0.290. The van der Waals surface area contributed by atoms with Gasteiger partial charge in [-0.3, -0.25) is 4.79 Å². The van der Waals surface area contributed by atoms with Crippen molar-refractivity contribution in [1.29, 1.82) is 0 Å². The van der Waals surface area contributed by atoms with Crippen LogP contribution in [0.3, 0.4) is 0 Å². The van der Waals surface area contributed by atoms with E-state index in [2.05, 4.69) is 42.1 Å². The summed E-state index contributed by atoms with van der Waals surface area (Å²) in [6, 6.07) is 11.1. The summed E-state index contributed by atoms with van der Waals surface area (Å²) in [5.41, 5.74) is 2.14. The lowest BCUT2D eigenvalue weighted by atomic mass is 9.73. The Hall–Kier alpha value is -5.34. The molecule has 0 bridgehead atoms. The number of carbonyl (C=O) groups is 1. The molecule has 1 N–H and O–H groups in total. The van der Waals surface area contributed by atoms with Gasteiger partial charge < -0.3 is 19.9 Å². The number of aromatic nitrogens is 7. The Kier molecular flexibility index (Phi) is 5.77. The summed E-state index contributed by atoms with van der Waals surface area (Å²) < 4.78 is 50.3. The maximum absolute atomic E-state index is 14.5. The number of likely N-dealkylation sites (tertiary alicyclic amines) is 1. The number of aryl methyl sites for hydroxylation is 2. The number of benzene rings is 2. The predicted molar refractivity (Wildman–Crippen MR) is 150 cm³/mol. The first-order valence-electron chi connectivity index (χ1n) is 13.2. The van der Waals surface area contributed by atoms with E-state index in [1.54, 1.807) is 4.68 Å². The summed E-state index contributed by atoms with van der Waals surface area (Å²) >= 11 is 0. The predicted octanol–water partition coefficient (Wildman–Crippen LogP) is 4.07. The zero-order chi connectivity index (χ0) is 30.1. The van der Waals surface area contributed by atoms with Crippen LogP contribution in [-0.4, -0.2) is 76.8 Å². The Labute approximate surface area is 241 Å². The monoisotopic (exact) mass is 588 g/mol. The molecular weight excluding hydrogens is 565 g/mol. The molecule has 43 heavy (non-hydrogen) atoms. The number of carbonyl (C=O) groups excluding carboxylic acids is 1. The molecule has 3 aromatic heterocycles. The fourth-order valence-electron chi connectivity index (χ4n) is 5.42. The van der Waals surface area contributed by atoms with E-state index in [9.17, 15) is 18.0 Å². The molecule has 7 rings (SSSR count). The van der Waals surface area contributed by atoms with Gasteiger partial charge in [0, 0.05) is 18.8 Å². The zero-order valence-corrected chi connectivity index (χ0v) is 22.9. The van der Waals surface area contributed by atoms with Gasteiger partial charge in [-0.15, -0.1) is 5.10 Å². The fourth-order valence-corrected chi connectivity index (χ4v) is 5.42. The molecule has 5 aromatic rings. The van der Waals surface area contributed by atoms with Crippen molar-refractivity contribution in [3.63, 3.8) is 0 Å². The van der Waals surface area contributed by atoms with Crippen molar-refractivity contribution >= 4 is 45.4 Å². The minimum absolute atomic E-state index is 0.158. The third kappa shape index (κ3) is 4.18. The van der Waals surface area contributed by atoms with Gasteiger partial charge in [-0.05, 0) is 42.8 Å². The van der Waals surface area contributed by atoms with Crippen LogP contribution >= 0.6 is 0 Å². The van der Waals surface area contributed by atoms with Crippen LogP contribution < -0.4 is 15.0 Å². The fraction of sp³-hybridized carbons (Fsp3) is 0.250. The summed E-state index contributed by atoms with van der Waals surface area (Å²) in [6.45, 7) is 3.48. The second-order valence-corrected chi connectivity index (χ2v) is 10.6. The number of nitrogens with one attached hydrogen (secondary N) is 1. The van der Waals surface area contributed by atoms with Gasteiger partial charge >= 0.3 is 0 Å². The molecule has 5 heterocycles. The van der Waals surface area contributed by atoms with Crippen molar-refractivity contribution in [3.05, 3.63) is 66.9 Å². The number of halogens is 3. The average molecular weight is 589 g/mol. The van der Waals surface area contributed by atoms with Crippen LogP contribution in [0.4, 0.5) is 30.6 Å². The lowest BCUT2D eigenvalue weighted by molar-refractivity contribution is -0.248. The van der Waals surface area contributed by atoms with Crippen LogP contribution in [0.1, 0.15) is 5.56 Å². The topological polar surface area (TPSA) is 127 Å². The lowest BCUT2D eigenvalue weighted by Crippen LogP contribution is -2.88. The van der Waals surface area contributed by atoms with E-state index in [4.69, 9.17) is 4.74 Å². The van der Waals surface area contributed by atoms with E-state index in [1.165, 1.54) is 17.4 Å². The lowest BCUT2D eigenvalue weighted by Gasteiger charge is -2.65. The van der Waals surface area contributed by atoms with E-state index < -0.39 is 29.7 Å². The van der Waals surface area contributed by atoms with Gasteiger partial charge in [-0.25, -0.2) is 37.8 Å². The van der Waals surface area contributed by atoms with Crippen molar-refractivity contribution < 1.29 is 22.7 Å². The number of fused-ring (bicyclic) bond motifs is 2. The van der Waals surface area contributed by atoms with Crippen molar-refractivity contribution in [3.8, 4) is 11.5 Å². The van der Waals surface area contributed by atoms with Gasteiger partial charge in [0.15, 0.2) is 11.6 Å². The molecular formula is C28H23F3N10O2. The van der Waals surface area contributed by atoms with E-state index >= 15 is 0 Å². The zero-order valence-electron chi connectivity index (χ0n) is 22.9. The molecule has 2 aromatic carbocycles. The van der Waals surface area contributed by atoms with Gasteiger partial charge in [0.1, 0.15) is 39.9 Å². The Morgan fingerprint density at radius 2 is 1.88 bits per heavy atom. The van der Waals surface area contributed by atoms with Crippen molar-refractivity contribution in [1.82, 2.24) is 39.8 Å². The highest BCUT2D eigenvalue weighted by atomic mass is 19.3. The second-order valence-electron chi connectivity index (χ2n) is 10.6. The normalized spacial score (nSPS) is 16.7. The summed E-state index contributed by atoms with van der Waals surface area (Å²) in [5, 5.41) is 11.4. The summed E-state index contributed by atoms with van der Waals surface area (Å²) in [7, 11) is 1.82. The van der Waals surface area contributed by atoms with Crippen LogP contribution in [-0.2, 0) is 11.8 Å². The number of nitrogens with zero attached hydrogens (tertiary/aromatic N) is 9. The van der Waals surface area contributed by atoms with E-state index in [-0.39, 0.29) is 19.0 Å². The number of alkyl halides is 2. The van der Waals surface area contributed by atoms with E-state index in [1.807, 2.05) is 50.4 Å². The van der Waals surface area contributed by atoms with E-state index in [0.29, 0.717) is 34.0 Å². The molecule has 2 aliphatic heterocycles. The number of amides is 1. The molecule has 0 unspecified atom stereocenters. The maximum atomic E-state index is 14.5. The van der Waals surface area contributed by atoms with Gasteiger partial charge in [0.25, 0.3) is 11.8 Å². The molecule has 1 amide bonds. The van der Waals surface area contributed by atoms with Gasteiger partial charge in [-0.2, -0.15) is 0 Å². The van der Waals surface area contributed by atoms with Crippen LogP contribution in [0, 0.1) is 6.92 Å². The van der Waals surface area contributed by atoms with Crippen LogP contribution in [0.25, 0.3) is 22.1 Å². The van der Waals surface area contributed by atoms with Crippen LogP contribution in [0.2, 0.25) is 0 Å². The molecule has 0 aliphatic carbocycles. The molecule has 218 valence electrons. The van der Waals surface area contributed by atoms with Crippen LogP contribution in [0.15, 0.2) is 61.3 Å². The van der Waals surface area contributed by atoms with Crippen molar-refractivity contribution in [2.75, 3.05) is 29.9 Å². The minimum Gasteiger partial charge on any atom is -0.457 e. The summed E-state index contributed by atoms with van der Waals surface area (Å²) in [5.74, 6) is -3.77. The molecule has 15 heteroatoms. The Morgan fingerprint density at radius 3 is 2.63 bits per heavy atom. The maximum Gasteiger partial charge on any atom is 0.291 e. The largest absolute Gasteiger partial charge is 0.457 e. The molecule has 12 nitrogen and oxygen atoms in total. The number of hydrogen-bond acceptors (Lipinski definition) is 10. The average Bonchev–Trinajstić information content (AvgIpc) is 3.32. The molecule has 0 saturated carbocycles. The third-order valence-electron chi connectivity index (χ3n) is 7.83. The smallest absolute Gasteiger partial charge is 0.291 e. The Balaban J connectivity index is 1.10. The highest BCUT2D eigenvalue weighted by Gasteiger charge is 2.74. The molecule has 2 aliphatic rings.